The van der Waals surface area contributed by atoms with Crippen molar-refractivity contribution in [2.24, 2.45) is 5.73 Å². The van der Waals surface area contributed by atoms with Gasteiger partial charge >= 0.3 is 0 Å². The Morgan fingerprint density at radius 2 is 2.05 bits per heavy atom. The lowest BCUT2D eigenvalue weighted by Crippen LogP contribution is -2.10. The predicted molar refractivity (Wildman–Crippen MR) is 74.9 cm³/mol. The van der Waals surface area contributed by atoms with Gasteiger partial charge in [0.2, 0.25) is 0 Å². The first-order chi connectivity index (χ1) is 9.06. The number of hydrogen-bond acceptors (Lipinski definition) is 3. The van der Waals surface area contributed by atoms with E-state index >= 15 is 0 Å². The number of benzene rings is 2. The van der Waals surface area contributed by atoms with Gasteiger partial charge in [-0.3, -0.25) is 5.41 Å². The number of halogens is 1. The molecular formula is C14H13ClN2O2. The van der Waals surface area contributed by atoms with Crippen molar-refractivity contribution in [3.63, 3.8) is 0 Å². The standard InChI is InChI=1S/C14H13ClN2O2/c15-12-7-10(14(16)17)4-5-13(12)19-8-9-2-1-3-11(18)6-9/h1-7,18H,8H2,(H3,16,17). The Morgan fingerprint density at radius 1 is 1.26 bits per heavy atom. The Hall–Kier alpha value is -2.20. The molecule has 0 saturated heterocycles. The first kappa shape index (κ1) is 13.2. The van der Waals surface area contributed by atoms with Crippen molar-refractivity contribution in [2.75, 3.05) is 0 Å². The molecule has 0 aliphatic carbocycles. The summed E-state index contributed by atoms with van der Waals surface area (Å²) in [4.78, 5) is 0. The van der Waals surface area contributed by atoms with Crippen LogP contribution in [0.2, 0.25) is 5.02 Å². The number of aromatic hydroxyl groups is 1. The molecule has 98 valence electrons. The van der Waals surface area contributed by atoms with E-state index in [-0.39, 0.29) is 11.6 Å². The summed E-state index contributed by atoms with van der Waals surface area (Å²) in [5, 5.41) is 17.1. The van der Waals surface area contributed by atoms with Crippen LogP contribution in [0.25, 0.3) is 0 Å². The fourth-order valence-electron chi connectivity index (χ4n) is 1.59. The number of ether oxygens (including phenoxy) is 1. The van der Waals surface area contributed by atoms with Gasteiger partial charge in [0, 0.05) is 5.56 Å². The van der Waals surface area contributed by atoms with Gasteiger partial charge in [0.1, 0.15) is 23.9 Å². The van der Waals surface area contributed by atoms with Crippen LogP contribution in [0.15, 0.2) is 42.5 Å². The first-order valence-electron chi connectivity index (χ1n) is 5.61. The molecule has 0 aliphatic heterocycles. The van der Waals surface area contributed by atoms with Gasteiger partial charge < -0.3 is 15.6 Å². The third kappa shape index (κ3) is 3.39. The highest BCUT2D eigenvalue weighted by Crippen LogP contribution is 2.26. The number of hydrogen-bond donors (Lipinski definition) is 3. The van der Waals surface area contributed by atoms with E-state index in [1.54, 1.807) is 36.4 Å². The van der Waals surface area contributed by atoms with Crippen LogP contribution in [0.4, 0.5) is 0 Å². The minimum absolute atomic E-state index is 0.0403. The molecule has 2 rings (SSSR count). The molecule has 0 radical (unpaired) electrons. The monoisotopic (exact) mass is 276 g/mol. The van der Waals surface area contributed by atoms with Crippen LogP contribution in [0.3, 0.4) is 0 Å². The SMILES string of the molecule is N=C(N)c1ccc(OCc2cccc(O)c2)c(Cl)c1. The highest BCUT2D eigenvalue weighted by molar-refractivity contribution is 6.32. The zero-order valence-corrected chi connectivity index (χ0v) is 10.8. The topological polar surface area (TPSA) is 79.3 Å². The molecule has 0 unspecified atom stereocenters. The normalized spacial score (nSPS) is 10.2. The molecule has 4 nitrogen and oxygen atoms in total. The molecule has 0 atom stereocenters. The van der Waals surface area contributed by atoms with Crippen molar-refractivity contribution >= 4 is 17.4 Å². The highest BCUT2D eigenvalue weighted by atomic mass is 35.5. The molecule has 4 N–H and O–H groups in total. The number of nitrogens with two attached hydrogens (primary N) is 1. The second-order valence-electron chi connectivity index (χ2n) is 4.02. The Labute approximate surface area is 115 Å². The summed E-state index contributed by atoms with van der Waals surface area (Å²) in [6.07, 6.45) is 0. The van der Waals surface area contributed by atoms with Crippen molar-refractivity contribution in [1.82, 2.24) is 0 Å². The van der Waals surface area contributed by atoms with E-state index in [0.717, 1.165) is 5.56 Å². The van der Waals surface area contributed by atoms with Crippen LogP contribution in [0, 0.1) is 5.41 Å². The summed E-state index contributed by atoms with van der Waals surface area (Å²) in [5.41, 5.74) is 6.76. The molecule has 0 heterocycles. The molecule has 0 saturated carbocycles. The van der Waals surface area contributed by atoms with Crippen LogP contribution in [0.1, 0.15) is 11.1 Å². The number of nitrogen functional groups attached to an aromatic ring is 1. The second-order valence-corrected chi connectivity index (χ2v) is 4.42. The summed E-state index contributed by atoms with van der Waals surface area (Å²) < 4.78 is 5.56. The minimum atomic E-state index is -0.0403. The van der Waals surface area contributed by atoms with Crippen LogP contribution < -0.4 is 10.5 Å². The van der Waals surface area contributed by atoms with Gasteiger partial charge in [-0.2, -0.15) is 0 Å². The first-order valence-corrected chi connectivity index (χ1v) is 5.98. The van der Waals surface area contributed by atoms with Gasteiger partial charge in [-0.1, -0.05) is 23.7 Å². The van der Waals surface area contributed by atoms with Gasteiger partial charge in [0.15, 0.2) is 0 Å². The molecule has 5 heteroatoms. The quantitative estimate of drug-likeness (QED) is 0.593. The summed E-state index contributed by atoms with van der Waals surface area (Å²) in [5.74, 6) is 0.663. The van der Waals surface area contributed by atoms with Crippen molar-refractivity contribution < 1.29 is 9.84 Å². The van der Waals surface area contributed by atoms with Crippen LogP contribution in [-0.2, 0) is 6.61 Å². The third-order valence-corrected chi connectivity index (χ3v) is 2.84. The highest BCUT2D eigenvalue weighted by Gasteiger charge is 2.05. The molecule has 2 aromatic carbocycles. The molecule has 0 spiro atoms. The Bertz CT molecular complexity index is 614. The van der Waals surface area contributed by atoms with Gasteiger partial charge in [-0.25, -0.2) is 0 Å². The number of nitrogens with one attached hydrogen (secondary N) is 1. The predicted octanol–water partition coefficient (Wildman–Crippen LogP) is 2.91. The van der Waals surface area contributed by atoms with E-state index in [1.165, 1.54) is 0 Å². The van der Waals surface area contributed by atoms with Crippen molar-refractivity contribution in [2.45, 2.75) is 6.61 Å². The lowest BCUT2D eigenvalue weighted by molar-refractivity contribution is 0.305. The van der Waals surface area contributed by atoms with E-state index in [0.29, 0.717) is 22.9 Å². The van der Waals surface area contributed by atoms with Gasteiger partial charge in [-0.15, -0.1) is 0 Å². The molecule has 2 aromatic rings. The lowest BCUT2D eigenvalue weighted by atomic mass is 10.2. The molecule has 19 heavy (non-hydrogen) atoms. The van der Waals surface area contributed by atoms with Gasteiger partial charge in [-0.05, 0) is 35.9 Å². The van der Waals surface area contributed by atoms with Crippen LogP contribution in [0.5, 0.6) is 11.5 Å². The number of phenols is 1. The molecular weight excluding hydrogens is 264 g/mol. The molecule has 0 aromatic heterocycles. The summed E-state index contributed by atoms with van der Waals surface area (Å²) in [7, 11) is 0. The van der Waals surface area contributed by atoms with E-state index in [4.69, 9.17) is 27.5 Å². The fraction of sp³-hybridized carbons (Fsp3) is 0.0714. The number of rotatable bonds is 4. The van der Waals surface area contributed by atoms with E-state index in [1.807, 2.05) is 6.07 Å². The molecule has 0 amide bonds. The molecule has 0 fully saturated rings. The number of phenolic OH excluding ortho intramolecular Hbond substituents is 1. The maximum absolute atomic E-state index is 9.34. The lowest BCUT2D eigenvalue weighted by Gasteiger charge is -2.09. The Balaban J connectivity index is 2.10. The van der Waals surface area contributed by atoms with Gasteiger partial charge in [0.05, 0.1) is 5.02 Å². The minimum Gasteiger partial charge on any atom is -0.508 e. The van der Waals surface area contributed by atoms with Crippen molar-refractivity contribution in [3.05, 3.63) is 58.6 Å². The summed E-state index contributed by atoms with van der Waals surface area (Å²) >= 11 is 6.04. The molecule has 0 bridgehead atoms. The van der Waals surface area contributed by atoms with Crippen LogP contribution >= 0.6 is 11.6 Å². The van der Waals surface area contributed by atoms with Crippen molar-refractivity contribution in [3.8, 4) is 11.5 Å². The van der Waals surface area contributed by atoms with E-state index < -0.39 is 0 Å². The average Bonchev–Trinajstić information content (AvgIpc) is 2.37. The maximum atomic E-state index is 9.34. The zero-order valence-electron chi connectivity index (χ0n) is 10.1. The van der Waals surface area contributed by atoms with E-state index in [9.17, 15) is 5.11 Å². The third-order valence-electron chi connectivity index (χ3n) is 2.55. The summed E-state index contributed by atoms with van der Waals surface area (Å²) in [6.45, 7) is 0.299. The second kappa shape index (κ2) is 5.63. The Kier molecular flexibility index (Phi) is 3.92. The summed E-state index contributed by atoms with van der Waals surface area (Å²) in [6, 6.07) is 11.7. The Morgan fingerprint density at radius 3 is 2.68 bits per heavy atom. The van der Waals surface area contributed by atoms with Crippen molar-refractivity contribution in [1.29, 1.82) is 5.41 Å². The smallest absolute Gasteiger partial charge is 0.138 e. The maximum Gasteiger partial charge on any atom is 0.138 e. The fourth-order valence-corrected chi connectivity index (χ4v) is 1.83. The number of amidine groups is 1. The van der Waals surface area contributed by atoms with Crippen LogP contribution in [-0.4, -0.2) is 10.9 Å². The largest absolute Gasteiger partial charge is 0.508 e. The average molecular weight is 277 g/mol. The van der Waals surface area contributed by atoms with Gasteiger partial charge in [0.25, 0.3) is 0 Å². The van der Waals surface area contributed by atoms with E-state index in [2.05, 4.69) is 0 Å². The zero-order chi connectivity index (χ0) is 13.8. The molecule has 0 aliphatic rings.